The Balaban J connectivity index is 1.80. The number of phenols is 1. The first-order chi connectivity index (χ1) is 10.2. The summed E-state index contributed by atoms with van der Waals surface area (Å²) in [5.41, 5.74) is 2.86. The number of para-hydroxylation sites is 1. The maximum Gasteiger partial charge on any atom is 0.195 e. The van der Waals surface area contributed by atoms with Crippen LogP contribution in [0.15, 0.2) is 40.8 Å². The van der Waals surface area contributed by atoms with Crippen LogP contribution < -0.4 is 5.32 Å². The van der Waals surface area contributed by atoms with Crippen LogP contribution in [-0.4, -0.2) is 10.1 Å². The highest BCUT2D eigenvalue weighted by Gasteiger charge is 2.08. The van der Waals surface area contributed by atoms with Gasteiger partial charge in [-0.3, -0.25) is 0 Å². The van der Waals surface area contributed by atoms with E-state index in [1.165, 1.54) is 6.07 Å². The maximum atomic E-state index is 13.3. The van der Waals surface area contributed by atoms with Gasteiger partial charge in [-0.2, -0.15) is 0 Å². The van der Waals surface area contributed by atoms with Gasteiger partial charge in [0.15, 0.2) is 23.0 Å². The molecule has 0 aliphatic rings. The van der Waals surface area contributed by atoms with Gasteiger partial charge >= 0.3 is 0 Å². The lowest BCUT2D eigenvalue weighted by atomic mass is 10.2. The number of aromatic nitrogens is 1. The van der Waals surface area contributed by atoms with Crippen LogP contribution in [0.1, 0.15) is 18.4 Å². The Hall–Kier alpha value is -2.56. The summed E-state index contributed by atoms with van der Waals surface area (Å²) in [6.45, 7) is 2.31. The fourth-order valence-corrected chi connectivity index (χ4v) is 2.14. The maximum absolute atomic E-state index is 13.3. The predicted octanol–water partition coefficient (Wildman–Crippen LogP) is 3.85. The monoisotopic (exact) mass is 286 g/mol. The molecule has 0 aliphatic heterocycles. The van der Waals surface area contributed by atoms with Crippen molar-refractivity contribution in [1.82, 2.24) is 4.98 Å². The molecule has 0 saturated heterocycles. The highest BCUT2D eigenvalue weighted by molar-refractivity contribution is 5.77. The second kappa shape index (κ2) is 5.44. The van der Waals surface area contributed by atoms with Gasteiger partial charge in [0.25, 0.3) is 0 Å². The van der Waals surface area contributed by atoms with E-state index in [0.717, 1.165) is 23.2 Å². The van der Waals surface area contributed by atoms with Gasteiger partial charge in [-0.25, -0.2) is 9.37 Å². The lowest BCUT2D eigenvalue weighted by Crippen LogP contribution is -2.00. The van der Waals surface area contributed by atoms with E-state index >= 15 is 0 Å². The molecule has 0 fully saturated rings. The minimum Gasteiger partial charge on any atom is -0.505 e. The standard InChI is InChI=1S/C16H15FN2O2/c1-2-15-19-13-8-11(6-7-14(13)21-15)18-9-10-4-3-5-12(17)16(10)20/h3-8,18,20H,2,9H2,1H3. The molecule has 0 unspecified atom stereocenters. The van der Waals surface area contributed by atoms with Crippen molar-refractivity contribution in [3.63, 3.8) is 0 Å². The third-order valence-corrected chi connectivity index (χ3v) is 3.29. The smallest absolute Gasteiger partial charge is 0.195 e. The molecule has 0 saturated carbocycles. The van der Waals surface area contributed by atoms with Crippen molar-refractivity contribution in [2.24, 2.45) is 0 Å². The number of nitrogens with zero attached hydrogens (tertiary/aromatic N) is 1. The molecule has 0 bridgehead atoms. The number of oxazole rings is 1. The summed E-state index contributed by atoms with van der Waals surface area (Å²) >= 11 is 0. The number of hydrogen-bond acceptors (Lipinski definition) is 4. The molecule has 108 valence electrons. The lowest BCUT2D eigenvalue weighted by molar-refractivity contribution is 0.427. The van der Waals surface area contributed by atoms with E-state index in [2.05, 4.69) is 10.3 Å². The lowest BCUT2D eigenvalue weighted by Gasteiger charge is -2.08. The van der Waals surface area contributed by atoms with E-state index in [4.69, 9.17) is 4.42 Å². The van der Waals surface area contributed by atoms with Gasteiger partial charge in [-0.1, -0.05) is 19.1 Å². The zero-order valence-electron chi connectivity index (χ0n) is 11.6. The van der Waals surface area contributed by atoms with Crippen LogP contribution in [0.5, 0.6) is 5.75 Å². The third-order valence-electron chi connectivity index (χ3n) is 3.29. The second-order valence-electron chi connectivity index (χ2n) is 4.74. The molecular formula is C16H15FN2O2. The van der Waals surface area contributed by atoms with Crippen LogP contribution in [0.25, 0.3) is 11.1 Å². The van der Waals surface area contributed by atoms with E-state index < -0.39 is 5.82 Å². The second-order valence-corrected chi connectivity index (χ2v) is 4.74. The largest absolute Gasteiger partial charge is 0.505 e. The van der Waals surface area contributed by atoms with Crippen LogP contribution in [0, 0.1) is 5.82 Å². The minimum absolute atomic E-state index is 0.319. The average molecular weight is 286 g/mol. The molecule has 0 aliphatic carbocycles. The number of phenolic OH excluding ortho intramolecular Hbond substituents is 1. The molecule has 0 amide bonds. The number of halogens is 1. The fraction of sp³-hybridized carbons (Fsp3) is 0.188. The van der Waals surface area contributed by atoms with Crippen molar-refractivity contribution in [3.8, 4) is 5.75 Å². The van der Waals surface area contributed by atoms with Crippen molar-refractivity contribution in [2.75, 3.05) is 5.32 Å². The number of aryl methyl sites for hydroxylation is 1. The first-order valence-electron chi connectivity index (χ1n) is 6.77. The molecule has 0 radical (unpaired) electrons. The normalized spacial score (nSPS) is 11.0. The van der Waals surface area contributed by atoms with Gasteiger partial charge in [-0.05, 0) is 24.3 Å². The Kier molecular flexibility index (Phi) is 3.48. The zero-order chi connectivity index (χ0) is 14.8. The summed E-state index contributed by atoms with van der Waals surface area (Å²) < 4.78 is 18.8. The number of rotatable bonds is 4. The highest BCUT2D eigenvalue weighted by Crippen LogP contribution is 2.24. The van der Waals surface area contributed by atoms with E-state index in [1.807, 2.05) is 25.1 Å². The van der Waals surface area contributed by atoms with Crippen LogP contribution in [0.4, 0.5) is 10.1 Å². The Morgan fingerprint density at radius 1 is 1.29 bits per heavy atom. The van der Waals surface area contributed by atoms with Gasteiger partial charge in [0.05, 0.1) is 0 Å². The Bertz CT molecular complexity index is 783. The number of fused-ring (bicyclic) bond motifs is 1. The molecular weight excluding hydrogens is 271 g/mol. The summed E-state index contributed by atoms with van der Waals surface area (Å²) in [6, 6.07) is 10.1. The number of nitrogens with one attached hydrogen (secondary N) is 1. The van der Waals surface area contributed by atoms with Gasteiger partial charge in [-0.15, -0.1) is 0 Å². The van der Waals surface area contributed by atoms with Crippen LogP contribution >= 0.6 is 0 Å². The molecule has 1 aromatic heterocycles. The molecule has 3 rings (SSSR count). The molecule has 2 N–H and O–H groups in total. The van der Waals surface area contributed by atoms with Crippen molar-refractivity contribution in [1.29, 1.82) is 0 Å². The van der Waals surface area contributed by atoms with E-state index in [9.17, 15) is 9.50 Å². The molecule has 0 atom stereocenters. The van der Waals surface area contributed by atoms with Crippen molar-refractivity contribution >= 4 is 16.8 Å². The SMILES string of the molecule is CCc1nc2cc(NCc3cccc(F)c3O)ccc2o1. The number of hydrogen-bond donors (Lipinski definition) is 2. The van der Waals surface area contributed by atoms with E-state index in [1.54, 1.807) is 12.1 Å². The average Bonchev–Trinajstić information content (AvgIpc) is 2.91. The molecule has 21 heavy (non-hydrogen) atoms. The zero-order valence-corrected chi connectivity index (χ0v) is 11.6. The first-order valence-corrected chi connectivity index (χ1v) is 6.77. The summed E-state index contributed by atoms with van der Waals surface area (Å²) in [6.07, 6.45) is 0.745. The van der Waals surface area contributed by atoms with Crippen LogP contribution in [0.3, 0.4) is 0 Å². The van der Waals surface area contributed by atoms with Crippen molar-refractivity contribution in [3.05, 3.63) is 53.7 Å². The van der Waals surface area contributed by atoms with Gasteiger partial charge < -0.3 is 14.8 Å². The molecule has 1 heterocycles. The Labute approximate surface area is 121 Å². The molecule has 0 spiro atoms. The molecule has 5 heteroatoms. The minimum atomic E-state index is -0.617. The molecule has 2 aromatic carbocycles. The summed E-state index contributed by atoms with van der Waals surface area (Å²) in [5.74, 6) is -0.237. The quantitative estimate of drug-likeness (QED) is 0.765. The number of aromatic hydroxyl groups is 1. The van der Waals surface area contributed by atoms with E-state index in [-0.39, 0.29) is 5.75 Å². The van der Waals surface area contributed by atoms with Crippen molar-refractivity contribution in [2.45, 2.75) is 19.9 Å². The van der Waals surface area contributed by atoms with Crippen LogP contribution in [0.2, 0.25) is 0 Å². The van der Waals surface area contributed by atoms with Gasteiger partial charge in [0.2, 0.25) is 0 Å². The molecule has 3 aromatic rings. The fourth-order valence-electron chi connectivity index (χ4n) is 2.14. The Morgan fingerprint density at radius 3 is 2.95 bits per heavy atom. The summed E-state index contributed by atoms with van der Waals surface area (Å²) in [7, 11) is 0. The highest BCUT2D eigenvalue weighted by atomic mass is 19.1. The number of anilines is 1. The summed E-state index contributed by atoms with van der Waals surface area (Å²) in [5, 5.41) is 12.8. The van der Waals surface area contributed by atoms with Gasteiger partial charge in [0, 0.05) is 24.2 Å². The van der Waals surface area contributed by atoms with Crippen molar-refractivity contribution < 1.29 is 13.9 Å². The van der Waals surface area contributed by atoms with Crippen LogP contribution in [-0.2, 0) is 13.0 Å². The molecule has 4 nitrogen and oxygen atoms in total. The summed E-state index contributed by atoms with van der Waals surface area (Å²) in [4.78, 5) is 4.36. The Morgan fingerprint density at radius 2 is 2.14 bits per heavy atom. The topological polar surface area (TPSA) is 58.3 Å². The number of benzene rings is 2. The van der Waals surface area contributed by atoms with E-state index in [0.29, 0.717) is 18.0 Å². The first kappa shape index (κ1) is 13.4. The third kappa shape index (κ3) is 2.67. The van der Waals surface area contributed by atoms with Gasteiger partial charge in [0.1, 0.15) is 5.52 Å². The predicted molar refractivity (Wildman–Crippen MR) is 78.8 cm³/mol.